The van der Waals surface area contributed by atoms with Crippen LogP contribution in [-0.2, 0) is 9.59 Å². The quantitative estimate of drug-likeness (QED) is 0.766. The minimum absolute atomic E-state index is 0.0687. The molecule has 0 aliphatic heterocycles. The van der Waals surface area contributed by atoms with Crippen molar-refractivity contribution in [2.75, 3.05) is 12.5 Å². The lowest BCUT2D eigenvalue weighted by molar-refractivity contribution is -0.141. The number of hydrogen-bond acceptors (Lipinski definition) is 4. The van der Waals surface area contributed by atoms with Crippen molar-refractivity contribution in [3.63, 3.8) is 0 Å². The SMILES string of the molecule is CSC1(C(=O)O)C2C=CC3C2C2C1C=CC2C3(SC)C(=O)O. The molecule has 4 rings (SSSR count). The molecule has 0 aromatic carbocycles. The average Bonchev–Trinajstić information content (AvgIpc) is 3.15. The molecular weight excluding hydrogens is 320 g/mol. The first-order valence-corrected chi connectivity index (χ1v) is 9.85. The molecule has 0 heterocycles. The van der Waals surface area contributed by atoms with E-state index in [0.29, 0.717) is 0 Å². The van der Waals surface area contributed by atoms with Crippen LogP contribution in [0, 0.1) is 35.5 Å². The minimum atomic E-state index is -0.838. The molecule has 0 saturated heterocycles. The summed E-state index contributed by atoms with van der Waals surface area (Å²) in [4.78, 5) is 24.2. The Hall–Kier alpha value is -0.880. The van der Waals surface area contributed by atoms with Crippen molar-refractivity contribution in [1.29, 1.82) is 0 Å². The summed E-state index contributed by atoms with van der Waals surface area (Å²) in [5, 5.41) is 19.9. The van der Waals surface area contributed by atoms with Crippen LogP contribution in [0.4, 0.5) is 0 Å². The van der Waals surface area contributed by atoms with Crippen LogP contribution in [0.3, 0.4) is 0 Å². The number of carbonyl (C=O) groups is 2. The van der Waals surface area contributed by atoms with Gasteiger partial charge < -0.3 is 10.2 Å². The third-order valence-corrected chi connectivity index (χ3v) is 9.27. The number of carboxylic acid groups (broad SMARTS) is 2. The highest BCUT2D eigenvalue weighted by Gasteiger charge is 2.77. The van der Waals surface area contributed by atoms with Crippen molar-refractivity contribution in [3.8, 4) is 0 Å². The lowest BCUT2D eigenvalue weighted by Crippen LogP contribution is -2.48. The molecule has 22 heavy (non-hydrogen) atoms. The summed E-state index contributed by atoms with van der Waals surface area (Å²) in [6.07, 6.45) is 11.7. The third kappa shape index (κ3) is 1.24. The Bertz CT molecular complexity index is 544. The van der Waals surface area contributed by atoms with Crippen LogP contribution in [0.2, 0.25) is 0 Å². The van der Waals surface area contributed by atoms with Gasteiger partial charge in [-0.15, -0.1) is 23.5 Å². The van der Waals surface area contributed by atoms with Gasteiger partial charge in [-0.25, -0.2) is 0 Å². The molecule has 4 aliphatic carbocycles. The van der Waals surface area contributed by atoms with Gasteiger partial charge in [-0.3, -0.25) is 9.59 Å². The van der Waals surface area contributed by atoms with E-state index in [9.17, 15) is 19.8 Å². The van der Waals surface area contributed by atoms with Crippen LogP contribution in [0.5, 0.6) is 0 Å². The summed E-state index contributed by atoms with van der Waals surface area (Å²) in [5.74, 6) is -1.52. The molecule has 0 amide bonds. The highest BCUT2D eigenvalue weighted by Crippen LogP contribution is 2.74. The fourth-order valence-corrected chi connectivity index (χ4v) is 8.23. The Morgan fingerprint density at radius 2 is 1.05 bits per heavy atom. The first-order chi connectivity index (χ1) is 10.5. The maximum atomic E-state index is 12.1. The normalized spacial score (nSPS) is 53.2. The molecule has 0 aromatic rings. The van der Waals surface area contributed by atoms with Crippen molar-refractivity contribution in [1.82, 2.24) is 0 Å². The summed E-state index contributed by atoms with van der Waals surface area (Å²) < 4.78 is -1.68. The van der Waals surface area contributed by atoms with Crippen molar-refractivity contribution >= 4 is 35.5 Å². The van der Waals surface area contributed by atoms with Gasteiger partial charge in [0, 0.05) is 23.7 Å². The number of allylic oxidation sites excluding steroid dienone is 4. The van der Waals surface area contributed by atoms with Crippen LogP contribution >= 0.6 is 23.5 Å². The fourth-order valence-electron chi connectivity index (χ4n) is 5.85. The van der Waals surface area contributed by atoms with E-state index in [2.05, 4.69) is 0 Å². The minimum Gasteiger partial charge on any atom is -0.480 e. The third-order valence-electron chi connectivity index (χ3n) is 6.48. The zero-order chi connectivity index (χ0) is 15.9. The molecule has 4 atom stereocenters. The Balaban J connectivity index is 1.91. The Morgan fingerprint density at radius 3 is 1.23 bits per heavy atom. The lowest BCUT2D eigenvalue weighted by Gasteiger charge is -2.36. The molecule has 2 saturated carbocycles. The molecule has 2 N–H and O–H groups in total. The number of aliphatic carboxylic acids is 2. The van der Waals surface area contributed by atoms with Gasteiger partial charge in [0.25, 0.3) is 0 Å². The largest absolute Gasteiger partial charge is 0.480 e. The predicted molar refractivity (Wildman–Crippen MR) is 87.0 cm³/mol. The van der Waals surface area contributed by atoms with E-state index in [-0.39, 0.29) is 35.5 Å². The zero-order valence-electron chi connectivity index (χ0n) is 12.3. The second-order valence-corrected chi connectivity index (χ2v) is 8.80. The Morgan fingerprint density at radius 1 is 0.773 bits per heavy atom. The second kappa shape index (κ2) is 4.35. The number of rotatable bonds is 4. The van der Waals surface area contributed by atoms with Crippen LogP contribution < -0.4 is 0 Å². The van der Waals surface area contributed by atoms with Crippen LogP contribution in [0.25, 0.3) is 0 Å². The van der Waals surface area contributed by atoms with Gasteiger partial charge in [-0.1, -0.05) is 24.3 Å². The molecule has 4 unspecified atom stereocenters. The molecule has 0 radical (unpaired) electrons. The first-order valence-electron chi connectivity index (χ1n) is 7.40. The van der Waals surface area contributed by atoms with Gasteiger partial charge in [-0.05, 0) is 24.3 Å². The second-order valence-electron chi connectivity index (χ2n) is 6.63. The number of hydrogen-bond donors (Lipinski definition) is 2. The monoisotopic (exact) mass is 338 g/mol. The van der Waals surface area contributed by atoms with E-state index in [1.807, 2.05) is 36.8 Å². The summed E-state index contributed by atoms with van der Waals surface area (Å²) in [7, 11) is 0. The fraction of sp³-hybridized carbons (Fsp3) is 0.625. The van der Waals surface area contributed by atoms with Crippen LogP contribution in [-0.4, -0.2) is 44.2 Å². The molecule has 2 fully saturated rings. The molecule has 118 valence electrons. The topological polar surface area (TPSA) is 74.6 Å². The van der Waals surface area contributed by atoms with Gasteiger partial charge in [0.1, 0.15) is 9.49 Å². The summed E-state index contributed by atoms with van der Waals surface area (Å²) in [5.41, 5.74) is 0. The van der Waals surface area contributed by atoms with Crippen molar-refractivity contribution < 1.29 is 19.8 Å². The van der Waals surface area contributed by atoms with E-state index in [0.717, 1.165) is 0 Å². The Kier molecular flexibility index (Phi) is 2.91. The summed E-state index contributed by atoms with van der Waals surface area (Å²) in [6.45, 7) is 0. The highest BCUT2D eigenvalue weighted by molar-refractivity contribution is 8.01. The first kappa shape index (κ1) is 14.7. The molecule has 0 bridgehead atoms. The lowest BCUT2D eigenvalue weighted by atomic mass is 9.82. The predicted octanol–water partition coefficient (Wildman–Crippen LogP) is 2.22. The average molecular weight is 338 g/mol. The Labute approximate surface area is 137 Å². The maximum absolute atomic E-state index is 12.1. The smallest absolute Gasteiger partial charge is 0.321 e. The number of thioether (sulfide) groups is 2. The maximum Gasteiger partial charge on any atom is 0.321 e. The summed E-state index contributed by atoms with van der Waals surface area (Å²) in [6, 6.07) is 0. The van der Waals surface area contributed by atoms with Crippen LogP contribution in [0.1, 0.15) is 0 Å². The van der Waals surface area contributed by atoms with Crippen molar-refractivity contribution in [2.24, 2.45) is 35.5 Å². The van der Waals surface area contributed by atoms with Gasteiger partial charge in [0.15, 0.2) is 0 Å². The zero-order valence-corrected chi connectivity index (χ0v) is 13.9. The van der Waals surface area contributed by atoms with Crippen molar-refractivity contribution in [2.45, 2.75) is 9.49 Å². The van der Waals surface area contributed by atoms with E-state index >= 15 is 0 Å². The van der Waals surface area contributed by atoms with E-state index in [1.54, 1.807) is 0 Å². The van der Waals surface area contributed by atoms with Gasteiger partial charge in [0.05, 0.1) is 0 Å². The molecule has 0 spiro atoms. The van der Waals surface area contributed by atoms with Crippen LogP contribution in [0.15, 0.2) is 24.3 Å². The van der Waals surface area contributed by atoms with Gasteiger partial charge >= 0.3 is 11.9 Å². The summed E-state index contributed by atoms with van der Waals surface area (Å²) >= 11 is 2.85. The highest BCUT2D eigenvalue weighted by atomic mass is 32.2. The van der Waals surface area contributed by atoms with Gasteiger partial charge in [-0.2, -0.15) is 0 Å². The molecule has 0 aromatic heterocycles. The van der Waals surface area contributed by atoms with E-state index in [1.165, 1.54) is 23.5 Å². The van der Waals surface area contributed by atoms with Crippen molar-refractivity contribution in [3.05, 3.63) is 24.3 Å². The molecule has 4 aliphatic rings. The van der Waals surface area contributed by atoms with Gasteiger partial charge in [0.2, 0.25) is 0 Å². The van der Waals surface area contributed by atoms with E-state index < -0.39 is 21.4 Å². The molecular formula is C16H18O4S2. The van der Waals surface area contributed by atoms with E-state index in [4.69, 9.17) is 0 Å². The number of carboxylic acids is 2. The molecule has 4 nitrogen and oxygen atoms in total. The standard InChI is InChI=1S/C16H18O4S2/c1-21-15(13(17)18)7-3-5-9-11(7)12-8(15)4-6-10(12)16(9,22-2)14(19)20/h3-12H,1-2H3,(H,17,18)(H,19,20). The molecule has 6 heteroatoms.